The Kier molecular flexibility index (Phi) is 9.65. The highest BCUT2D eigenvalue weighted by Crippen LogP contribution is 2.26. The second kappa shape index (κ2) is 12.0. The van der Waals surface area contributed by atoms with E-state index in [1.807, 2.05) is 6.07 Å². The van der Waals surface area contributed by atoms with Gasteiger partial charge >= 0.3 is 12.3 Å². The zero-order valence-corrected chi connectivity index (χ0v) is 18.9. The Labute approximate surface area is 200 Å². The number of piperidine rings is 1. The zero-order chi connectivity index (χ0) is 23.1. The summed E-state index contributed by atoms with van der Waals surface area (Å²) in [7, 11) is 0. The summed E-state index contributed by atoms with van der Waals surface area (Å²) in [5, 5.41) is 11.7. The lowest BCUT2D eigenvalue weighted by molar-refractivity contribution is -0.207. The van der Waals surface area contributed by atoms with Crippen molar-refractivity contribution in [2.24, 2.45) is 0 Å². The van der Waals surface area contributed by atoms with E-state index in [2.05, 4.69) is 5.32 Å². The molecule has 0 radical (unpaired) electrons. The van der Waals surface area contributed by atoms with Crippen LogP contribution in [0.3, 0.4) is 0 Å². The monoisotopic (exact) mass is 503 g/mol. The number of hydrogen-bond acceptors (Lipinski definition) is 5. The molecule has 1 aliphatic heterocycles. The molecule has 1 fully saturated rings. The van der Waals surface area contributed by atoms with Crippen LogP contribution in [0.5, 0.6) is 5.75 Å². The summed E-state index contributed by atoms with van der Waals surface area (Å²) < 4.78 is 51.2. The van der Waals surface area contributed by atoms with Gasteiger partial charge in [-0.25, -0.2) is 4.79 Å². The Balaban J connectivity index is 0.00000385. The summed E-state index contributed by atoms with van der Waals surface area (Å²) >= 11 is 5.76. The number of halogens is 5. The van der Waals surface area contributed by atoms with E-state index in [0.717, 1.165) is 0 Å². The van der Waals surface area contributed by atoms with Gasteiger partial charge in [-0.05, 0) is 61.9 Å². The minimum Gasteiger partial charge on any atom is -0.489 e. The van der Waals surface area contributed by atoms with Gasteiger partial charge in [0.2, 0.25) is 6.10 Å². The molecule has 3 rings (SSSR count). The lowest BCUT2D eigenvalue weighted by atomic mass is 10.1. The van der Waals surface area contributed by atoms with Gasteiger partial charge in [0.25, 0.3) is 0 Å². The van der Waals surface area contributed by atoms with Crippen LogP contribution < -0.4 is 10.1 Å². The molecule has 0 saturated carbocycles. The van der Waals surface area contributed by atoms with Crippen molar-refractivity contribution in [2.45, 2.75) is 31.2 Å². The van der Waals surface area contributed by atoms with Crippen molar-refractivity contribution in [2.75, 3.05) is 25.0 Å². The van der Waals surface area contributed by atoms with Gasteiger partial charge in [-0.1, -0.05) is 17.7 Å². The average molecular weight is 504 g/mol. The largest absolute Gasteiger partial charge is 0.489 e. The first-order valence-electron chi connectivity index (χ1n) is 9.92. The van der Waals surface area contributed by atoms with Gasteiger partial charge in [0.05, 0.1) is 11.6 Å². The maximum absolute atomic E-state index is 13.5. The second-order valence-corrected chi connectivity index (χ2v) is 7.79. The molecule has 2 aromatic carbocycles. The first-order valence-corrected chi connectivity index (χ1v) is 10.3. The quantitative estimate of drug-likeness (QED) is 0.550. The molecule has 33 heavy (non-hydrogen) atoms. The van der Waals surface area contributed by atoms with Crippen molar-refractivity contribution >= 4 is 35.8 Å². The van der Waals surface area contributed by atoms with Gasteiger partial charge in [-0.15, -0.1) is 12.4 Å². The Morgan fingerprint density at radius 3 is 2.67 bits per heavy atom. The van der Waals surface area contributed by atoms with Crippen LogP contribution in [0.1, 0.15) is 18.4 Å². The number of carbonyl (C=O) groups is 1. The van der Waals surface area contributed by atoms with Crippen LogP contribution in [0.4, 0.5) is 23.7 Å². The molecular weight excluding hydrogens is 482 g/mol. The lowest BCUT2D eigenvalue weighted by Crippen LogP contribution is -2.49. The molecule has 0 aromatic heterocycles. The van der Waals surface area contributed by atoms with E-state index in [4.69, 9.17) is 26.3 Å². The number of hydrogen-bond donors (Lipinski definition) is 1. The molecule has 1 saturated heterocycles. The standard InChI is InChI=1S/C22H21ClF3N3O3.ClH/c23-16-6-8-17(9-7-16)28-21(30)32-20(22(24,25)26)14-29-10-2-5-19(13-29)31-18-4-1-3-15(11-18)12-27;/h1,3-4,6-9,11,19-20H,2,5,10,13-14H2,(H,28,30);1H/t19-,20?;/m0./s1. The third-order valence-corrected chi connectivity index (χ3v) is 5.11. The number of rotatable bonds is 6. The van der Waals surface area contributed by atoms with Crippen molar-refractivity contribution in [1.29, 1.82) is 5.26 Å². The third kappa shape index (κ3) is 8.31. The van der Waals surface area contributed by atoms with E-state index in [9.17, 15) is 18.0 Å². The maximum atomic E-state index is 13.5. The number of amides is 1. The molecule has 2 aromatic rings. The number of nitrogens with zero attached hydrogens (tertiary/aromatic N) is 2. The summed E-state index contributed by atoms with van der Waals surface area (Å²) in [4.78, 5) is 13.6. The fourth-order valence-electron chi connectivity index (χ4n) is 3.36. The summed E-state index contributed by atoms with van der Waals surface area (Å²) in [6, 6.07) is 14.5. The predicted molar refractivity (Wildman–Crippen MR) is 120 cm³/mol. The van der Waals surface area contributed by atoms with Crippen molar-refractivity contribution in [1.82, 2.24) is 4.90 Å². The molecule has 11 heteroatoms. The average Bonchev–Trinajstić information content (AvgIpc) is 2.75. The van der Waals surface area contributed by atoms with Gasteiger partial charge < -0.3 is 9.47 Å². The third-order valence-electron chi connectivity index (χ3n) is 4.86. The number of benzene rings is 2. The molecule has 1 aliphatic rings. The van der Waals surface area contributed by atoms with E-state index in [0.29, 0.717) is 35.7 Å². The van der Waals surface area contributed by atoms with Gasteiger partial charge in [-0.3, -0.25) is 10.2 Å². The fourth-order valence-corrected chi connectivity index (χ4v) is 3.48. The number of likely N-dealkylation sites (tertiary alicyclic amines) is 1. The van der Waals surface area contributed by atoms with E-state index < -0.39 is 24.9 Å². The van der Waals surface area contributed by atoms with Crippen LogP contribution in [0.15, 0.2) is 48.5 Å². The van der Waals surface area contributed by atoms with E-state index >= 15 is 0 Å². The van der Waals surface area contributed by atoms with Crippen LogP contribution in [0.2, 0.25) is 5.02 Å². The van der Waals surface area contributed by atoms with E-state index in [1.54, 1.807) is 29.2 Å². The minimum atomic E-state index is -4.73. The second-order valence-electron chi connectivity index (χ2n) is 7.35. The van der Waals surface area contributed by atoms with Crippen LogP contribution in [-0.4, -0.2) is 49.0 Å². The maximum Gasteiger partial charge on any atom is 0.426 e. The first-order chi connectivity index (χ1) is 15.2. The van der Waals surface area contributed by atoms with Gasteiger partial charge in [0, 0.05) is 23.8 Å². The van der Waals surface area contributed by atoms with Crippen molar-refractivity contribution in [3.8, 4) is 11.8 Å². The van der Waals surface area contributed by atoms with Crippen molar-refractivity contribution < 1.29 is 27.4 Å². The minimum absolute atomic E-state index is 0. The number of ether oxygens (including phenoxy) is 2. The molecule has 2 atom stereocenters. The molecule has 0 bridgehead atoms. The molecular formula is C22H22Cl2F3N3O3. The van der Waals surface area contributed by atoms with Crippen molar-refractivity contribution in [3.63, 3.8) is 0 Å². The summed E-state index contributed by atoms with van der Waals surface area (Å²) in [6.45, 7) is 0.161. The summed E-state index contributed by atoms with van der Waals surface area (Å²) in [6.07, 6.45) is -7.27. The zero-order valence-electron chi connectivity index (χ0n) is 17.3. The number of nitrogens with one attached hydrogen (secondary N) is 1. The fraction of sp³-hybridized carbons (Fsp3) is 0.364. The van der Waals surface area contributed by atoms with Gasteiger partial charge in [0.1, 0.15) is 11.9 Å². The van der Waals surface area contributed by atoms with Crippen LogP contribution >= 0.6 is 24.0 Å². The summed E-state index contributed by atoms with van der Waals surface area (Å²) in [5.74, 6) is 0.488. The molecule has 6 nitrogen and oxygen atoms in total. The first kappa shape index (κ1) is 26.6. The van der Waals surface area contributed by atoms with E-state index in [-0.39, 0.29) is 30.7 Å². The SMILES string of the molecule is Cl.N#Cc1cccc(O[C@H]2CCCN(CC(OC(=O)Nc3ccc(Cl)cc3)C(F)(F)F)C2)c1. The van der Waals surface area contributed by atoms with Crippen LogP contribution in [0.25, 0.3) is 0 Å². The number of alkyl halides is 3. The van der Waals surface area contributed by atoms with Crippen LogP contribution in [0, 0.1) is 11.3 Å². The molecule has 178 valence electrons. The van der Waals surface area contributed by atoms with Gasteiger partial charge in [-0.2, -0.15) is 18.4 Å². The van der Waals surface area contributed by atoms with E-state index in [1.165, 1.54) is 24.3 Å². The molecule has 1 unspecified atom stereocenters. The Bertz CT molecular complexity index is 968. The summed E-state index contributed by atoms with van der Waals surface area (Å²) in [5.41, 5.74) is 0.707. The van der Waals surface area contributed by atoms with Crippen LogP contribution in [-0.2, 0) is 4.74 Å². The molecule has 1 heterocycles. The topological polar surface area (TPSA) is 74.6 Å². The predicted octanol–water partition coefficient (Wildman–Crippen LogP) is 5.66. The highest BCUT2D eigenvalue weighted by atomic mass is 35.5. The molecule has 1 N–H and O–H groups in total. The molecule has 1 amide bonds. The normalized spacial score (nSPS) is 17.2. The Morgan fingerprint density at radius 2 is 2.00 bits per heavy atom. The highest BCUT2D eigenvalue weighted by Gasteiger charge is 2.44. The number of anilines is 1. The Morgan fingerprint density at radius 1 is 1.27 bits per heavy atom. The number of nitriles is 1. The highest BCUT2D eigenvalue weighted by molar-refractivity contribution is 6.30. The van der Waals surface area contributed by atoms with Crippen molar-refractivity contribution in [3.05, 3.63) is 59.1 Å². The lowest BCUT2D eigenvalue weighted by Gasteiger charge is -2.35. The van der Waals surface area contributed by atoms with Gasteiger partial charge in [0.15, 0.2) is 0 Å². The molecule has 0 aliphatic carbocycles. The Hall–Kier alpha value is -2.67. The smallest absolute Gasteiger partial charge is 0.426 e. The number of carbonyl (C=O) groups excluding carboxylic acids is 1. The molecule has 0 spiro atoms.